The minimum atomic E-state index is -0.867. The van der Waals surface area contributed by atoms with Crippen LogP contribution in [0.15, 0.2) is 59.7 Å². The number of hydrogen-bond acceptors (Lipinski definition) is 4. The molecule has 1 fully saturated rings. The van der Waals surface area contributed by atoms with E-state index in [1.165, 1.54) is 22.8 Å². The molecule has 172 valence electrons. The van der Waals surface area contributed by atoms with Crippen LogP contribution in [0.5, 0.6) is 5.75 Å². The number of fused-ring (bicyclic) bond motifs is 6. The molecule has 1 saturated heterocycles. The van der Waals surface area contributed by atoms with E-state index in [-0.39, 0.29) is 24.2 Å². The van der Waals surface area contributed by atoms with Gasteiger partial charge in [0.25, 0.3) is 5.56 Å². The highest BCUT2D eigenvalue weighted by atomic mass is 19.1. The number of amides is 1. The van der Waals surface area contributed by atoms with Crippen molar-refractivity contribution in [1.29, 1.82) is 0 Å². The Morgan fingerprint density at radius 3 is 2.85 bits per heavy atom. The third-order valence-corrected chi connectivity index (χ3v) is 6.74. The van der Waals surface area contributed by atoms with Gasteiger partial charge in [0.1, 0.15) is 18.2 Å². The Morgan fingerprint density at radius 2 is 2.09 bits per heavy atom. The van der Waals surface area contributed by atoms with Crippen molar-refractivity contribution in [3.8, 4) is 11.4 Å². The smallest absolute Gasteiger partial charge is 0.408 e. The van der Waals surface area contributed by atoms with Crippen molar-refractivity contribution in [2.24, 2.45) is 0 Å². The van der Waals surface area contributed by atoms with Crippen molar-refractivity contribution in [3.63, 3.8) is 0 Å². The number of benzene rings is 1. The minimum Gasteiger partial charge on any atom is -0.487 e. The molecular formula is C25H21FN4O4. The lowest BCUT2D eigenvalue weighted by atomic mass is 9.97. The third-order valence-electron chi connectivity index (χ3n) is 6.74. The fraction of sp³-hybridized carbons (Fsp3) is 0.240. The van der Waals surface area contributed by atoms with Crippen LogP contribution in [0.1, 0.15) is 35.8 Å². The number of carboxylic acid groups (broad SMARTS) is 1. The number of carbonyl (C=O) groups is 1. The van der Waals surface area contributed by atoms with Crippen LogP contribution in [0.25, 0.3) is 16.6 Å². The molecule has 8 nitrogen and oxygen atoms in total. The topological polar surface area (TPSA) is 100 Å². The number of nitrogens with one attached hydrogen (secondary N) is 1. The predicted octanol–water partition coefficient (Wildman–Crippen LogP) is 4.17. The Hall–Kier alpha value is -4.14. The quantitative estimate of drug-likeness (QED) is 0.476. The Labute approximate surface area is 193 Å². The van der Waals surface area contributed by atoms with E-state index in [0.717, 1.165) is 41.2 Å². The van der Waals surface area contributed by atoms with Crippen molar-refractivity contribution in [2.75, 3.05) is 0 Å². The van der Waals surface area contributed by atoms with Gasteiger partial charge in [-0.05, 0) is 43.2 Å². The molecule has 0 radical (unpaired) electrons. The van der Waals surface area contributed by atoms with Gasteiger partial charge >= 0.3 is 6.09 Å². The average molecular weight is 460 g/mol. The van der Waals surface area contributed by atoms with E-state index in [2.05, 4.69) is 9.97 Å². The zero-order valence-corrected chi connectivity index (χ0v) is 18.1. The molecule has 2 aliphatic rings. The van der Waals surface area contributed by atoms with Crippen LogP contribution in [-0.2, 0) is 13.0 Å². The first-order chi connectivity index (χ1) is 16.5. The second-order valence-corrected chi connectivity index (χ2v) is 8.72. The number of nitrogens with zero attached hydrogens (tertiary/aromatic N) is 3. The maximum atomic E-state index is 13.0. The summed E-state index contributed by atoms with van der Waals surface area (Å²) in [6.45, 7) is 0.124. The van der Waals surface area contributed by atoms with Crippen molar-refractivity contribution in [2.45, 2.75) is 38.0 Å². The van der Waals surface area contributed by atoms with E-state index in [0.29, 0.717) is 23.6 Å². The molecule has 9 heteroatoms. The summed E-state index contributed by atoms with van der Waals surface area (Å²) in [5.41, 5.74) is 4.03. The number of aromatic amines is 1. The van der Waals surface area contributed by atoms with Gasteiger partial charge in [0.15, 0.2) is 0 Å². The van der Waals surface area contributed by atoms with Crippen molar-refractivity contribution in [3.05, 3.63) is 88.0 Å². The van der Waals surface area contributed by atoms with Gasteiger partial charge in [0.05, 0.1) is 23.6 Å². The van der Waals surface area contributed by atoms with Crippen LogP contribution >= 0.6 is 0 Å². The van der Waals surface area contributed by atoms with Crippen LogP contribution in [0.4, 0.5) is 9.18 Å². The highest BCUT2D eigenvalue weighted by Gasteiger charge is 2.44. The maximum Gasteiger partial charge on any atom is 0.408 e. The number of aromatic nitrogens is 3. The molecule has 4 aromatic rings. The van der Waals surface area contributed by atoms with Crippen molar-refractivity contribution < 1.29 is 19.0 Å². The predicted molar refractivity (Wildman–Crippen MR) is 122 cm³/mol. The Balaban J connectivity index is 1.28. The van der Waals surface area contributed by atoms with Crippen molar-refractivity contribution in [1.82, 2.24) is 19.4 Å². The van der Waals surface area contributed by atoms with E-state index < -0.39 is 11.9 Å². The van der Waals surface area contributed by atoms with E-state index in [4.69, 9.17) is 4.74 Å². The minimum absolute atomic E-state index is 0.0165. The van der Waals surface area contributed by atoms with Crippen LogP contribution in [0.3, 0.4) is 0 Å². The molecule has 0 spiro atoms. The largest absolute Gasteiger partial charge is 0.487 e. The van der Waals surface area contributed by atoms with Crippen LogP contribution < -0.4 is 10.3 Å². The van der Waals surface area contributed by atoms with Crippen molar-refractivity contribution >= 4 is 17.0 Å². The summed E-state index contributed by atoms with van der Waals surface area (Å²) in [5.74, 6) is -0.0217. The van der Waals surface area contributed by atoms with Crippen LogP contribution in [0, 0.1) is 5.82 Å². The van der Waals surface area contributed by atoms with Gasteiger partial charge < -0.3 is 14.8 Å². The molecule has 3 aromatic heterocycles. The van der Waals surface area contributed by atoms with E-state index in [1.54, 1.807) is 17.2 Å². The molecule has 2 unspecified atom stereocenters. The van der Waals surface area contributed by atoms with E-state index >= 15 is 0 Å². The Morgan fingerprint density at radius 1 is 1.21 bits per heavy atom. The third kappa shape index (κ3) is 3.32. The van der Waals surface area contributed by atoms with Gasteiger partial charge in [-0.2, -0.15) is 0 Å². The first kappa shape index (κ1) is 20.5. The van der Waals surface area contributed by atoms with Crippen LogP contribution in [-0.4, -0.2) is 36.7 Å². The number of halogens is 1. The zero-order valence-electron chi connectivity index (χ0n) is 18.1. The summed E-state index contributed by atoms with van der Waals surface area (Å²) in [6.07, 6.45) is 4.28. The molecule has 2 aliphatic heterocycles. The lowest BCUT2D eigenvalue weighted by Gasteiger charge is -2.32. The molecule has 1 aromatic carbocycles. The Bertz CT molecular complexity index is 1480. The fourth-order valence-electron chi connectivity index (χ4n) is 5.26. The van der Waals surface area contributed by atoms with Gasteiger partial charge in [-0.1, -0.05) is 6.07 Å². The molecular weight excluding hydrogens is 439 g/mol. The van der Waals surface area contributed by atoms with Gasteiger partial charge in [0, 0.05) is 46.9 Å². The average Bonchev–Trinajstić information content (AvgIpc) is 3.35. The standard InChI is InChI=1S/C25H21FN4O4/c26-14-1-2-15(27-12-14)13-34-18-7-8-29(23(31)11-18)16-3-5-19-20(9-16)28-21-10-17-4-6-22(24(19)21)30(17)25(32)33/h1-3,5,7-9,11-12,17,22,28H,4,6,10,13H2,(H,32,33). The molecule has 0 saturated carbocycles. The summed E-state index contributed by atoms with van der Waals surface area (Å²) in [7, 11) is 0. The van der Waals surface area contributed by atoms with Gasteiger partial charge in [-0.15, -0.1) is 0 Å². The highest BCUT2D eigenvalue weighted by Crippen LogP contribution is 2.46. The number of hydrogen-bond donors (Lipinski definition) is 2. The zero-order chi connectivity index (χ0) is 23.4. The Kier molecular flexibility index (Phi) is 4.65. The van der Waals surface area contributed by atoms with Gasteiger partial charge in [0.2, 0.25) is 0 Å². The lowest BCUT2D eigenvalue weighted by molar-refractivity contribution is 0.117. The SMILES string of the molecule is O=C(O)N1C2CCC1c1c([nH]c3cc(-n4ccc(OCc5ccc(F)cn5)cc4=O)ccc13)C2. The van der Waals surface area contributed by atoms with Gasteiger partial charge in [-0.3, -0.25) is 19.2 Å². The molecule has 2 atom stereocenters. The summed E-state index contributed by atoms with van der Waals surface area (Å²) >= 11 is 0. The highest BCUT2D eigenvalue weighted by molar-refractivity contribution is 5.88. The number of ether oxygens (including phenoxy) is 1. The van der Waals surface area contributed by atoms with E-state index in [9.17, 15) is 19.1 Å². The number of rotatable bonds is 4. The first-order valence-corrected chi connectivity index (χ1v) is 11.1. The number of pyridine rings is 2. The maximum absolute atomic E-state index is 13.0. The summed E-state index contributed by atoms with van der Waals surface area (Å²) < 4.78 is 20.1. The molecule has 2 N–H and O–H groups in total. The normalized spacial score (nSPS) is 18.8. The molecule has 2 bridgehead atoms. The first-order valence-electron chi connectivity index (χ1n) is 11.1. The molecule has 6 rings (SSSR count). The summed E-state index contributed by atoms with van der Waals surface area (Å²) in [5, 5.41) is 10.7. The second kappa shape index (κ2) is 7.72. The summed E-state index contributed by atoms with van der Waals surface area (Å²) in [4.78, 5) is 33.6. The second-order valence-electron chi connectivity index (χ2n) is 8.72. The van der Waals surface area contributed by atoms with Crippen LogP contribution in [0.2, 0.25) is 0 Å². The molecule has 1 amide bonds. The molecule has 5 heterocycles. The van der Waals surface area contributed by atoms with E-state index in [1.807, 2.05) is 18.2 Å². The van der Waals surface area contributed by atoms with Gasteiger partial charge in [-0.25, -0.2) is 9.18 Å². The monoisotopic (exact) mass is 460 g/mol. The molecule has 34 heavy (non-hydrogen) atoms. The lowest BCUT2D eigenvalue weighted by Crippen LogP contribution is -2.40. The summed E-state index contributed by atoms with van der Waals surface area (Å²) in [6, 6.07) is 11.6. The fourth-order valence-corrected chi connectivity index (χ4v) is 5.26. The molecule has 0 aliphatic carbocycles. The number of H-pyrrole nitrogens is 1.